The molecule has 0 heterocycles. The van der Waals surface area contributed by atoms with Crippen molar-refractivity contribution in [3.05, 3.63) is 35.9 Å². The Labute approximate surface area is 102 Å². The number of carbonyl (C=O) groups excluding carboxylic acids is 1. The molecule has 1 fully saturated rings. The highest BCUT2D eigenvalue weighted by Gasteiger charge is 2.39. The van der Waals surface area contributed by atoms with Gasteiger partial charge in [-0.3, -0.25) is 10.1 Å². The van der Waals surface area contributed by atoms with Crippen LogP contribution in [0.1, 0.15) is 25.3 Å². The molecule has 0 radical (unpaired) electrons. The number of benzene rings is 1. The summed E-state index contributed by atoms with van der Waals surface area (Å²) in [6.45, 7) is 1.92. The first-order chi connectivity index (χ1) is 8.14. The summed E-state index contributed by atoms with van der Waals surface area (Å²) in [5.41, 5.74) is 0.533. The number of ether oxygens (including phenoxy) is 1. The van der Waals surface area contributed by atoms with Crippen LogP contribution in [0.5, 0.6) is 0 Å². The van der Waals surface area contributed by atoms with E-state index in [1.165, 1.54) is 7.11 Å². The van der Waals surface area contributed by atoms with Gasteiger partial charge in [0.25, 0.3) is 0 Å². The molecule has 3 heteroatoms. The van der Waals surface area contributed by atoms with Gasteiger partial charge in [0.05, 0.1) is 7.11 Å². The summed E-state index contributed by atoms with van der Waals surface area (Å²) >= 11 is 0. The van der Waals surface area contributed by atoms with Crippen LogP contribution in [0.4, 0.5) is 0 Å². The summed E-state index contributed by atoms with van der Waals surface area (Å²) in [5, 5.41) is 3.39. The van der Waals surface area contributed by atoms with Crippen LogP contribution in [-0.4, -0.2) is 24.7 Å². The van der Waals surface area contributed by atoms with E-state index in [4.69, 9.17) is 4.74 Å². The van der Waals surface area contributed by atoms with Gasteiger partial charge in [0.15, 0.2) is 0 Å². The Bertz CT molecular complexity index is 386. The second kappa shape index (κ2) is 4.88. The van der Waals surface area contributed by atoms with Crippen molar-refractivity contribution in [1.29, 1.82) is 0 Å². The fourth-order valence-corrected chi connectivity index (χ4v) is 2.09. The maximum Gasteiger partial charge on any atom is 0.326 e. The summed E-state index contributed by atoms with van der Waals surface area (Å²) in [6, 6.07) is 10.5. The molecule has 0 saturated heterocycles. The minimum Gasteiger partial charge on any atom is -0.468 e. The van der Waals surface area contributed by atoms with Crippen molar-refractivity contribution in [2.45, 2.75) is 37.8 Å². The maximum absolute atomic E-state index is 11.9. The molecule has 1 saturated carbocycles. The lowest BCUT2D eigenvalue weighted by molar-refractivity contribution is -0.148. The van der Waals surface area contributed by atoms with E-state index in [0.717, 1.165) is 18.4 Å². The minimum absolute atomic E-state index is 0.187. The molecule has 1 unspecified atom stereocenters. The quantitative estimate of drug-likeness (QED) is 0.790. The van der Waals surface area contributed by atoms with Crippen molar-refractivity contribution in [1.82, 2.24) is 5.32 Å². The van der Waals surface area contributed by atoms with E-state index >= 15 is 0 Å². The van der Waals surface area contributed by atoms with Gasteiger partial charge in [0, 0.05) is 12.5 Å². The van der Waals surface area contributed by atoms with Gasteiger partial charge in [-0.1, -0.05) is 30.3 Å². The Kier molecular flexibility index (Phi) is 3.48. The molecule has 1 aliphatic carbocycles. The molecule has 0 bridgehead atoms. The van der Waals surface area contributed by atoms with E-state index in [9.17, 15) is 4.79 Å². The monoisotopic (exact) mass is 233 g/mol. The van der Waals surface area contributed by atoms with Gasteiger partial charge in [0.2, 0.25) is 0 Å². The molecule has 1 atom stereocenters. The van der Waals surface area contributed by atoms with Crippen LogP contribution in [0.2, 0.25) is 0 Å². The third kappa shape index (κ3) is 3.07. The smallest absolute Gasteiger partial charge is 0.326 e. The average Bonchev–Trinajstić information content (AvgIpc) is 3.13. The van der Waals surface area contributed by atoms with Crippen LogP contribution >= 0.6 is 0 Å². The van der Waals surface area contributed by atoms with E-state index in [2.05, 4.69) is 5.32 Å². The number of nitrogens with one attached hydrogen (secondary N) is 1. The molecule has 0 aromatic heterocycles. The van der Waals surface area contributed by atoms with Crippen molar-refractivity contribution >= 4 is 5.97 Å². The molecular weight excluding hydrogens is 214 g/mol. The highest BCUT2D eigenvalue weighted by Crippen LogP contribution is 2.25. The summed E-state index contributed by atoms with van der Waals surface area (Å²) in [7, 11) is 1.44. The molecule has 2 rings (SSSR count). The fourth-order valence-electron chi connectivity index (χ4n) is 2.09. The number of esters is 1. The first-order valence-electron chi connectivity index (χ1n) is 6.04. The zero-order chi connectivity index (χ0) is 12.3. The second-order valence-corrected chi connectivity index (χ2v) is 4.90. The van der Waals surface area contributed by atoms with Crippen molar-refractivity contribution in [2.24, 2.45) is 0 Å². The highest BCUT2D eigenvalue weighted by atomic mass is 16.5. The molecule has 1 aromatic carbocycles. The van der Waals surface area contributed by atoms with Crippen molar-refractivity contribution < 1.29 is 9.53 Å². The summed E-state index contributed by atoms with van der Waals surface area (Å²) in [4.78, 5) is 11.9. The van der Waals surface area contributed by atoms with Gasteiger partial charge in [-0.2, -0.15) is 0 Å². The Morgan fingerprint density at radius 2 is 2.06 bits per heavy atom. The molecule has 3 nitrogen and oxygen atoms in total. The first-order valence-corrected chi connectivity index (χ1v) is 6.04. The van der Waals surface area contributed by atoms with E-state index in [1.807, 2.05) is 37.3 Å². The molecule has 1 aromatic rings. The Hall–Kier alpha value is -1.35. The van der Waals surface area contributed by atoms with Gasteiger partial charge in [-0.15, -0.1) is 0 Å². The van der Waals surface area contributed by atoms with Crippen LogP contribution in [-0.2, 0) is 16.0 Å². The SMILES string of the molecule is COC(=O)C(C)(Cc1ccccc1)NC1CC1. The summed E-state index contributed by atoms with van der Waals surface area (Å²) in [6.07, 6.45) is 2.97. The Morgan fingerprint density at radius 1 is 1.41 bits per heavy atom. The van der Waals surface area contributed by atoms with Crippen molar-refractivity contribution in [2.75, 3.05) is 7.11 Å². The molecule has 1 N–H and O–H groups in total. The molecule has 1 aliphatic rings. The fraction of sp³-hybridized carbons (Fsp3) is 0.500. The number of hydrogen-bond donors (Lipinski definition) is 1. The van der Waals surface area contributed by atoms with Crippen LogP contribution in [0.15, 0.2) is 30.3 Å². The van der Waals surface area contributed by atoms with E-state index in [-0.39, 0.29) is 5.97 Å². The van der Waals surface area contributed by atoms with Crippen LogP contribution in [0.25, 0.3) is 0 Å². The molecule has 0 aliphatic heterocycles. The zero-order valence-electron chi connectivity index (χ0n) is 10.4. The Morgan fingerprint density at radius 3 is 2.59 bits per heavy atom. The van der Waals surface area contributed by atoms with Crippen LogP contribution in [0.3, 0.4) is 0 Å². The largest absolute Gasteiger partial charge is 0.468 e. The van der Waals surface area contributed by atoms with Crippen LogP contribution in [0, 0.1) is 0 Å². The van der Waals surface area contributed by atoms with Crippen molar-refractivity contribution in [3.8, 4) is 0 Å². The highest BCUT2D eigenvalue weighted by molar-refractivity contribution is 5.80. The number of carbonyl (C=O) groups is 1. The predicted molar refractivity (Wildman–Crippen MR) is 66.7 cm³/mol. The lowest BCUT2D eigenvalue weighted by Gasteiger charge is -2.28. The first kappa shape index (κ1) is 12.1. The molecule has 17 heavy (non-hydrogen) atoms. The van der Waals surface area contributed by atoms with Crippen molar-refractivity contribution in [3.63, 3.8) is 0 Å². The van der Waals surface area contributed by atoms with Gasteiger partial charge < -0.3 is 4.74 Å². The van der Waals surface area contributed by atoms with E-state index in [1.54, 1.807) is 0 Å². The summed E-state index contributed by atoms with van der Waals surface area (Å²) < 4.78 is 4.91. The lowest BCUT2D eigenvalue weighted by Crippen LogP contribution is -2.52. The predicted octanol–water partition coefficient (Wildman–Crippen LogP) is 1.91. The molecular formula is C14H19NO2. The van der Waals surface area contributed by atoms with Gasteiger partial charge >= 0.3 is 5.97 Å². The zero-order valence-corrected chi connectivity index (χ0v) is 10.4. The second-order valence-electron chi connectivity index (χ2n) is 4.90. The molecule has 0 spiro atoms. The molecule has 92 valence electrons. The third-order valence-electron chi connectivity index (χ3n) is 3.14. The number of methoxy groups -OCH3 is 1. The van der Waals surface area contributed by atoms with Gasteiger partial charge in [-0.25, -0.2) is 0 Å². The third-order valence-corrected chi connectivity index (χ3v) is 3.14. The Balaban J connectivity index is 2.12. The number of rotatable bonds is 5. The summed E-state index contributed by atoms with van der Waals surface area (Å²) in [5.74, 6) is -0.187. The minimum atomic E-state index is -0.614. The van der Waals surface area contributed by atoms with Gasteiger partial charge in [-0.05, 0) is 25.3 Å². The lowest BCUT2D eigenvalue weighted by atomic mass is 9.92. The van der Waals surface area contributed by atoms with Crippen LogP contribution < -0.4 is 5.32 Å². The number of hydrogen-bond acceptors (Lipinski definition) is 3. The maximum atomic E-state index is 11.9. The standard InChI is InChI=1S/C14H19NO2/c1-14(13(16)17-2,15-12-8-9-12)10-11-6-4-3-5-7-11/h3-7,12,15H,8-10H2,1-2H3. The van der Waals surface area contributed by atoms with Gasteiger partial charge in [0.1, 0.15) is 5.54 Å². The normalized spacial score (nSPS) is 18.5. The average molecular weight is 233 g/mol. The topological polar surface area (TPSA) is 38.3 Å². The molecule has 0 amide bonds. The van der Waals surface area contributed by atoms with E-state index < -0.39 is 5.54 Å². The van der Waals surface area contributed by atoms with E-state index in [0.29, 0.717) is 12.5 Å².